The molecule has 0 N–H and O–H groups in total. The van der Waals surface area contributed by atoms with Crippen LogP contribution in [0.1, 0.15) is 19.3 Å². The fourth-order valence-corrected chi connectivity index (χ4v) is 2.99. The standard InChI is InChI=1S/C11H17O2Si/c1-12-11(14,13-2)7-10-6-8-3-4-9(10)5-8/h3-4,8-10H,5-7H2,1-2H3. The third-order valence-electron chi connectivity index (χ3n) is 3.61. The normalized spacial score (nSPS) is 35.5. The van der Waals surface area contributed by atoms with Crippen molar-refractivity contribution in [3.63, 3.8) is 0 Å². The zero-order chi connectivity index (χ0) is 10.2. The van der Waals surface area contributed by atoms with Gasteiger partial charge < -0.3 is 9.47 Å². The van der Waals surface area contributed by atoms with Crippen LogP contribution < -0.4 is 0 Å². The van der Waals surface area contributed by atoms with Crippen molar-refractivity contribution >= 4 is 10.2 Å². The van der Waals surface area contributed by atoms with Crippen LogP contribution in [-0.4, -0.2) is 29.9 Å². The van der Waals surface area contributed by atoms with E-state index >= 15 is 0 Å². The van der Waals surface area contributed by atoms with Gasteiger partial charge in [0.2, 0.25) is 0 Å². The molecule has 0 spiro atoms. The summed E-state index contributed by atoms with van der Waals surface area (Å²) in [6, 6.07) is 0. The average molecular weight is 209 g/mol. The van der Waals surface area contributed by atoms with E-state index < -0.39 is 5.41 Å². The first kappa shape index (κ1) is 10.4. The number of allylic oxidation sites excluding steroid dienone is 2. The van der Waals surface area contributed by atoms with Crippen molar-refractivity contribution in [3.8, 4) is 0 Å². The van der Waals surface area contributed by atoms with E-state index in [-0.39, 0.29) is 0 Å². The van der Waals surface area contributed by atoms with E-state index in [2.05, 4.69) is 22.4 Å². The molecular formula is C11H17O2Si. The highest BCUT2D eigenvalue weighted by Gasteiger charge is 2.39. The van der Waals surface area contributed by atoms with E-state index in [0.717, 1.165) is 18.3 Å². The molecule has 2 rings (SSSR count). The van der Waals surface area contributed by atoms with E-state index in [9.17, 15) is 0 Å². The fraction of sp³-hybridized carbons (Fsp3) is 0.818. The smallest absolute Gasteiger partial charge is 0.143 e. The van der Waals surface area contributed by atoms with Crippen molar-refractivity contribution in [2.75, 3.05) is 14.2 Å². The monoisotopic (exact) mass is 209 g/mol. The summed E-state index contributed by atoms with van der Waals surface area (Å²) in [5, 5.41) is 0. The lowest BCUT2D eigenvalue weighted by Gasteiger charge is -2.31. The van der Waals surface area contributed by atoms with Crippen LogP contribution >= 0.6 is 0 Å². The zero-order valence-corrected chi connectivity index (χ0v) is 9.82. The van der Waals surface area contributed by atoms with Gasteiger partial charge in [-0.2, -0.15) is 0 Å². The van der Waals surface area contributed by atoms with Gasteiger partial charge in [0, 0.05) is 14.2 Å². The van der Waals surface area contributed by atoms with Gasteiger partial charge in [-0.3, -0.25) is 0 Å². The van der Waals surface area contributed by atoms with Crippen LogP contribution in [0.5, 0.6) is 0 Å². The third kappa shape index (κ3) is 1.81. The molecule has 3 atom stereocenters. The molecule has 0 aromatic carbocycles. The lowest BCUT2D eigenvalue weighted by atomic mass is 9.90. The molecule has 0 saturated heterocycles. The SMILES string of the molecule is COC([Si])(CC1CC2C=CC1C2)OC. The Morgan fingerprint density at radius 2 is 2.00 bits per heavy atom. The molecule has 3 heteroatoms. The van der Waals surface area contributed by atoms with E-state index in [1.807, 2.05) is 0 Å². The minimum absolute atomic E-state index is 0.580. The molecule has 14 heavy (non-hydrogen) atoms. The van der Waals surface area contributed by atoms with E-state index in [0.29, 0.717) is 5.92 Å². The number of hydrogen-bond acceptors (Lipinski definition) is 2. The Balaban J connectivity index is 1.95. The summed E-state index contributed by atoms with van der Waals surface area (Å²) in [6.45, 7) is 0. The van der Waals surface area contributed by atoms with Gasteiger partial charge in [0.25, 0.3) is 0 Å². The highest BCUT2D eigenvalue weighted by molar-refractivity contribution is 6.13. The molecule has 77 valence electrons. The molecule has 0 aromatic heterocycles. The molecule has 3 unspecified atom stereocenters. The summed E-state index contributed by atoms with van der Waals surface area (Å²) >= 11 is 0. The second-order valence-corrected chi connectivity index (χ2v) is 5.17. The van der Waals surface area contributed by atoms with Crippen molar-refractivity contribution in [2.24, 2.45) is 17.8 Å². The lowest BCUT2D eigenvalue weighted by molar-refractivity contribution is -0.154. The second-order valence-electron chi connectivity index (χ2n) is 4.41. The predicted octanol–water partition coefficient (Wildman–Crippen LogP) is 1.70. The minimum Gasteiger partial charge on any atom is -0.358 e. The maximum atomic E-state index is 5.32. The first-order valence-electron chi connectivity index (χ1n) is 5.20. The molecule has 0 aliphatic heterocycles. The molecule has 0 aromatic rings. The Hall–Kier alpha value is -0.123. The first-order valence-corrected chi connectivity index (χ1v) is 5.70. The molecule has 3 radical (unpaired) electrons. The summed E-state index contributed by atoms with van der Waals surface area (Å²) in [4.78, 5) is 0. The second kappa shape index (κ2) is 3.80. The van der Waals surface area contributed by atoms with Crippen LogP contribution in [0.15, 0.2) is 12.2 Å². The van der Waals surface area contributed by atoms with Gasteiger partial charge in [-0.05, 0) is 37.0 Å². The van der Waals surface area contributed by atoms with Crippen LogP contribution in [0.4, 0.5) is 0 Å². The van der Waals surface area contributed by atoms with Crippen molar-refractivity contribution in [1.82, 2.24) is 0 Å². The molecule has 0 heterocycles. The lowest BCUT2D eigenvalue weighted by Crippen LogP contribution is -2.37. The third-order valence-corrected chi connectivity index (χ3v) is 4.22. The largest absolute Gasteiger partial charge is 0.358 e. The number of methoxy groups -OCH3 is 2. The average Bonchev–Trinajstić information content (AvgIpc) is 2.79. The van der Waals surface area contributed by atoms with Gasteiger partial charge in [0.15, 0.2) is 0 Å². The van der Waals surface area contributed by atoms with E-state index in [4.69, 9.17) is 9.47 Å². The molecule has 1 fully saturated rings. The minimum atomic E-state index is -0.580. The van der Waals surface area contributed by atoms with Crippen LogP contribution in [0.3, 0.4) is 0 Å². The van der Waals surface area contributed by atoms with E-state index in [1.165, 1.54) is 12.8 Å². The number of rotatable bonds is 4. The number of hydrogen-bond donors (Lipinski definition) is 0. The van der Waals surface area contributed by atoms with Crippen molar-refractivity contribution < 1.29 is 9.47 Å². The first-order chi connectivity index (χ1) is 6.67. The highest BCUT2D eigenvalue weighted by atomic mass is 28.1. The fourth-order valence-electron chi connectivity index (χ4n) is 2.72. The maximum Gasteiger partial charge on any atom is 0.143 e. The van der Waals surface area contributed by atoms with Crippen LogP contribution in [0.2, 0.25) is 0 Å². The van der Waals surface area contributed by atoms with Gasteiger partial charge in [0.1, 0.15) is 15.7 Å². The van der Waals surface area contributed by atoms with Crippen LogP contribution in [-0.2, 0) is 9.47 Å². The van der Waals surface area contributed by atoms with Crippen LogP contribution in [0, 0.1) is 17.8 Å². The predicted molar refractivity (Wildman–Crippen MR) is 56.0 cm³/mol. The van der Waals surface area contributed by atoms with Crippen molar-refractivity contribution in [3.05, 3.63) is 12.2 Å². The Morgan fingerprint density at radius 3 is 2.43 bits per heavy atom. The van der Waals surface area contributed by atoms with Gasteiger partial charge in [-0.1, -0.05) is 12.2 Å². The highest BCUT2D eigenvalue weighted by Crippen LogP contribution is 2.46. The summed E-state index contributed by atoms with van der Waals surface area (Å²) < 4.78 is 10.6. The summed E-state index contributed by atoms with van der Waals surface area (Å²) in [5.74, 6) is 2.28. The van der Waals surface area contributed by atoms with Gasteiger partial charge in [0.05, 0.1) is 0 Å². The van der Waals surface area contributed by atoms with Gasteiger partial charge >= 0.3 is 0 Å². The Kier molecular flexibility index (Phi) is 2.82. The molecule has 2 aliphatic carbocycles. The van der Waals surface area contributed by atoms with Crippen molar-refractivity contribution in [1.29, 1.82) is 0 Å². The molecular weight excluding hydrogens is 192 g/mol. The molecule has 2 nitrogen and oxygen atoms in total. The Labute approximate surface area is 89.1 Å². The number of ether oxygens (including phenoxy) is 2. The molecule has 2 bridgehead atoms. The topological polar surface area (TPSA) is 18.5 Å². The molecule has 2 aliphatic rings. The Morgan fingerprint density at radius 1 is 1.29 bits per heavy atom. The Bertz CT molecular complexity index is 235. The summed E-state index contributed by atoms with van der Waals surface area (Å²) in [5.41, 5.74) is -0.580. The van der Waals surface area contributed by atoms with E-state index in [1.54, 1.807) is 14.2 Å². The summed E-state index contributed by atoms with van der Waals surface area (Å²) in [7, 11) is 6.91. The maximum absolute atomic E-state index is 5.32. The van der Waals surface area contributed by atoms with Crippen molar-refractivity contribution in [2.45, 2.75) is 24.7 Å². The zero-order valence-electron chi connectivity index (χ0n) is 8.82. The quantitative estimate of drug-likeness (QED) is 0.399. The van der Waals surface area contributed by atoms with Crippen LogP contribution in [0.25, 0.3) is 0 Å². The molecule has 1 saturated carbocycles. The summed E-state index contributed by atoms with van der Waals surface area (Å²) in [6.07, 6.45) is 8.27. The molecule has 0 amide bonds. The van der Waals surface area contributed by atoms with Gasteiger partial charge in [-0.15, -0.1) is 0 Å². The van der Waals surface area contributed by atoms with Gasteiger partial charge in [-0.25, -0.2) is 0 Å². The number of fused-ring (bicyclic) bond motifs is 2.